The number of rotatable bonds is 6. The number of halogens is 1. The van der Waals surface area contributed by atoms with Crippen molar-refractivity contribution < 1.29 is 24.7 Å². The number of thioether (sulfide) groups is 1. The molecule has 2 atom stereocenters. The third-order valence-corrected chi connectivity index (χ3v) is 7.58. The highest BCUT2D eigenvalue weighted by Crippen LogP contribution is 2.43. The van der Waals surface area contributed by atoms with Crippen molar-refractivity contribution in [2.24, 2.45) is 5.16 Å². The van der Waals surface area contributed by atoms with E-state index in [1.54, 1.807) is 0 Å². The topological polar surface area (TPSA) is 184 Å². The number of anilines is 1. The second kappa shape index (κ2) is 8.41. The Hall–Kier alpha value is -2.75. The van der Waals surface area contributed by atoms with E-state index in [2.05, 4.69) is 25.7 Å². The van der Waals surface area contributed by atoms with Gasteiger partial charge in [0.2, 0.25) is 0 Å². The number of fused-ring (bicyclic) bond motifs is 1. The number of amides is 2. The minimum absolute atomic E-state index is 0.0501. The van der Waals surface area contributed by atoms with Crippen LogP contribution in [0.15, 0.2) is 25.6 Å². The third-order valence-electron chi connectivity index (χ3n) is 4.57. The number of allylic oxidation sites excluding steroid dienone is 1. The van der Waals surface area contributed by atoms with E-state index in [0.717, 1.165) is 28.0 Å². The van der Waals surface area contributed by atoms with Crippen LogP contribution < -0.4 is 11.1 Å². The normalized spacial score (nSPS) is 21.0. The van der Waals surface area contributed by atoms with E-state index in [-0.39, 0.29) is 20.9 Å². The summed E-state index contributed by atoms with van der Waals surface area (Å²) < 4.78 is 0.613. The maximum Gasteiger partial charge on any atom is 0.353 e. The molecule has 31 heavy (non-hydrogen) atoms. The van der Waals surface area contributed by atoms with Gasteiger partial charge in [-0.1, -0.05) is 51.2 Å². The molecule has 1 unspecified atom stereocenters. The van der Waals surface area contributed by atoms with Crippen LogP contribution in [0.2, 0.25) is 4.34 Å². The number of hydrogen-bond acceptors (Lipinski definition) is 12. The van der Waals surface area contributed by atoms with Crippen LogP contribution in [-0.4, -0.2) is 66.0 Å². The van der Waals surface area contributed by atoms with E-state index in [0.29, 0.717) is 22.1 Å². The predicted octanol–water partition coefficient (Wildman–Crippen LogP) is 0.986. The number of carbonyl (C=O) groups excluding carboxylic acids is 2. The lowest BCUT2D eigenvalue weighted by Gasteiger charge is -2.49. The molecule has 0 aromatic carbocycles. The molecule has 2 aliphatic heterocycles. The molecule has 4 rings (SSSR count). The van der Waals surface area contributed by atoms with Gasteiger partial charge in [-0.2, -0.15) is 0 Å². The first-order chi connectivity index (χ1) is 14.8. The molecule has 12 nitrogen and oxygen atoms in total. The molecule has 0 saturated carbocycles. The summed E-state index contributed by atoms with van der Waals surface area (Å²) in [5, 5.41) is 32.0. The van der Waals surface area contributed by atoms with E-state index < -0.39 is 35.6 Å². The van der Waals surface area contributed by atoms with Crippen molar-refractivity contribution in [3.63, 3.8) is 0 Å². The molecule has 162 valence electrons. The minimum Gasteiger partial charge on any atom is -0.477 e. The summed E-state index contributed by atoms with van der Waals surface area (Å²) in [5.74, 6) is -2.73. The number of nitrogens with one attached hydrogen (secondary N) is 1. The second-order valence-corrected chi connectivity index (χ2v) is 10.1. The summed E-state index contributed by atoms with van der Waals surface area (Å²) in [5.41, 5.74) is 6.32. The number of thiazole rings is 1. The number of nitrogen functional groups attached to an aromatic ring is 1. The zero-order chi connectivity index (χ0) is 22.3. The van der Waals surface area contributed by atoms with Crippen LogP contribution in [0, 0.1) is 0 Å². The SMILES string of the molecule is Nc1nc(C(=NO)C(=O)N[C@H]2C(=O)N3C(C(=O)O)=C(Sc4nncs4)CCC23)c(Cl)s1. The van der Waals surface area contributed by atoms with E-state index >= 15 is 0 Å². The van der Waals surface area contributed by atoms with Gasteiger partial charge >= 0.3 is 5.97 Å². The number of nitrogens with two attached hydrogens (primary N) is 1. The molecule has 5 N–H and O–H groups in total. The summed E-state index contributed by atoms with van der Waals surface area (Å²) in [6.07, 6.45) is 0.798. The zero-order valence-electron chi connectivity index (χ0n) is 15.2. The molecular formula is C15H12ClN7O5S3. The maximum atomic E-state index is 12.7. The number of oxime groups is 1. The van der Waals surface area contributed by atoms with Crippen LogP contribution >= 0.6 is 46.0 Å². The van der Waals surface area contributed by atoms with Crippen molar-refractivity contribution in [2.75, 3.05) is 5.73 Å². The Morgan fingerprint density at radius 3 is 2.81 bits per heavy atom. The number of aliphatic carboxylic acids is 1. The number of carboxylic acids is 1. The molecule has 0 radical (unpaired) electrons. The van der Waals surface area contributed by atoms with Crippen molar-refractivity contribution in [3.05, 3.63) is 26.1 Å². The Morgan fingerprint density at radius 2 is 2.23 bits per heavy atom. The summed E-state index contributed by atoms with van der Waals surface area (Å²) >= 11 is 9.27. The van der Waals surface area contributed by atoms with Crippen LogP contribution in [-0.2, 0) is 14.4 Å². The number of nitrogens with zero attached hydrogens (tertiary/aromatic N) is 5. The number of aromatic nitrogens is 3. The molecule has 4 heterocycles. The average molecular weight is 502 g/mol. The fourth-order valence-corrected chi connectivity index (χ4v) is 5.95. The fourth-order valence-electron chi connectivity index (χ4n) is 3.31. The molecule has 0 spiro atoms. The molecule has 2 amide bonds. The predicted molar refractivity (Wildman–Crippen MR) is 112 cm³/mol. The molecule has 0 aliphatic carbocycles. The van der Waals surface area contributed by atoms with E-state index in [1.807, 2.05) is 0 Å². The highest BCUT2D eigenvalue weighted by Gasteiger charge is 2.54. The van der Waals surface area contributed by atoms with Crippen molar-refractivity contribution in [3.8, 4) is 0 Å². The average Bonchev–Trinajstić information content (AvgIpc) is 3.35. The minimum atomic E-state index is -1.25. The van der Waals surface area contributed by atoms with Gasteiger partial charge in [0.25, 0.3) is 11.8 Å². The Kier molecular flexibility index (Phi) is 5.83. The second-order valence-electron chi connectivity index (χ2n) is 6.27. The number of β-lactam (4-membered cyclic amide) rings is 1. The smallest absolute Gasteiger partial charge is 0.353 e. The molecule has 0 bridgehead atoms. The van der Waals surface area contributed by atoms with Gasteiger partial charge in [0.05, 0.1) is 6.04 Å². The summed E-state index contributed by atoms with van der Waals surface area (Å²) in [4.78, 5) is 42.7. The lowest BCUT2D eigenvalue weighted by atomic mass is 9.86. The molecule has 16 heteroatoms. The summed E-state index contributed by atoms with van der Waals surface area (Å²) in [6.45, 7) is 0. The molecule has 2 aromatic heterocycles. The standard InChI is InChI=1S/C15H12ClN7O5S3/c16-10-7(20-14(17)31-10)8(22-28)11(24)19-6-4-1-2-5(30-15-21-18-3-29-15)9(13(26)27)23(4)12(6)25/h3-4,6,28H,1-2H2,(H2,17,20)(H,19,24)(H,26,27)/t4?,6-/m1/s1. The lowest BCUT2D eigenvalue weighted by molar-refractivity contribution is -0.155. The van der Waals surface area contributed by atoms with Crippen molar-refractivity contribution in [1.29, 1.82) is 0 Å². The van der Waals surface area contributed by atoms with Gasteiger partial charge in [-0.25, -0.2) is 9.78 Å². The van der Waals surface area contributed by atoms with Gasteiger partial charge in [-0.3, -0.25) is 14.5 Å². The van der Waals surface area contributed by atoms with Crippen LogP contribution in [0.4, 0.5) is 5.13 Å². The maximum absolute atomic E-state index is 12.7. The highest BCUT2D eigenvalue weighted by molar-refractivity contribution is 8.04. The van der Waals surface area contributed by atoms with Gasteiger partial charge in [-0.05, 0) is 12.8 Å². The van der Waals surface area contributed by atoms with Gasteiger partial charge in [0.1, 0.15) is 27.3 Å². The monoisotopic (exact) mass is 501 g/mol. The number of hydrogen-bond donors (Lipinski definition) is 4. The van der Waals surface area contributed by atoms with Gasteiger partial charge in [0, 0.05) is 4.91 Å². The molecular weight excluding hydrogens is 490 g/mol. The first kappa shape index (κ1) is 21.5. The van der Waals surface area contributed by atoms with Crippen molar-refractivity contribution in [2.45, 2.75) is 29.3 Å². The summed E-state index contributed by atoms with van der Waals surface area (Å²) in [6, 6.07) is -1.54. The largest absolute Gasteiger partial charge is 0.477 e. The van der Waals surface area contributed by atoms with E-state index in [4.69, 9.17) is 17.3 Å². The van der Waals surface area contributed by atoms with Crippen LogP contribution in [0.1, 0.15) is 18.5 Å². The van der Waals surface area contributed by atoms with Crippen LogP contribution in [0.3, 0.4) is 0 Å². The van der Waals surface area contributed by atoms with Crippen molar-refractivity contribution >= 4 is 74.7 Å². The number of carbonyl (C=O) groups is 3. The van der Waals surface area contributed by atoms with Gasteiger partial charge in [0.15, 0.2) is 15.2 Å². The Labute approximate surface area is 190 Å². The fraction of sp³-hybridized carbons (Fsp3) is 0.267. The quantitative estimate of drug-likeness (QED) is 0.192. The van der Waals surface area contributed by atoms with E-state index in [1.165, 1.54) is 16.8 Å². The Morgan fingerprint density at radius 1 is 1.45 bits per heavy atom. The molecule has 1 fully saturated rings. The first-order valence-corrected chi connectivity index (χ1v) is 11.4. The Bertz CT molecular complexity index is 1130. The van der Waals surface area contributed by atoms with Crippen LogP contribution in [0.5, 0.6) is 0 Å². The van der Waals surface area contributed by atoms with E-state index in [9.17, 15) is 24.7 Å². The number of carboxylic acid groups (broad SMARTS) is 1. The Balaban J connectivity index is 1.53. The first-order valence-electron chi connectivity index (χ1n) is 8.50. The highest BCUT2D eigenvalue weighted by atomic mass is 35.5. The lowest BCUT2D eigenvalue weighted by Crippen LogP contribution is -2.72. The summed E-state index contributed by atoms with van der Waals surface area (Å²) in [7, 11) is 0. The molecule has 2 aromatic rings. The van der Waals surface area contributed by atoms with Gasteiger partial charge in [-0.15, -0.1) is 10.2 Å². The zero-order valence-corrected chi connectivity index (χ0v) is 18.4. The van der Waals surface area contributed by atoms with Gasteiger partial charge < -0.3 is 21.4 Å². The molecule has 2 aliphatic rings. The third kappa shape index (κ3) is 3.84. The van der Waals surface area contributed by atoms with Crippen molar-refractivity contribution in [1.82, 2.24) is 25.4 Å². The van der Waals surface area contributed by atoms with Crippen LogP contribution in [0.25, 0.3) is 0 Å². The molecule has 1 saturated heterocycles.